The maximum atomic E-state index is 10.7. The van der Waals surface area contributed by atoms with Crippen LogP contribution in [0.5, 0.6) is 0 Å². The second-order valence-electron chi connectivity index (χ2n) is 4.96. The van der Waals surface area contributed by atoms with Gasteiger partial charge in [-0.25, -0.2) is 0 Å². The topological polar surface area (TPSA) is 86.5 Å². The molecule has 1 atom stereocenters. The van der Waals surface area contributed by atoms with Gasteiger partial charge in [0, 0.05) is 6.54 Å². The van der Waals surface area contributed by atoms with Gasteiger partial charge >= 0.3 is 5.97 Å². The van der Waals surface area contributed by atoms with Crippen LogP contribution in [0.2, 0.25) is 0 Å². The first kappa shape index (κ1) is 15.3. The Balaban J connectivity index is 2.19. The summed E-state index contributed by atoms with van der Waals surface area (Å²) in [5.74, 6) is 0.218. The molecule has 0 saturated carbocycles. The van der Waals surface area contributed by atoms with Crippen molar-refractivity contribution in [2.24, 2.45) is 5.92 Å². The number of aromatic nitrogens is 3. The molecule has 0 aromatic carbocycles. The Morgan fingerprint density at radius 3 is 2.90 bits per heavy atom. The molecule has 0 spiro atoms. The highest BCUT2D eigenvalue weighted by Gasteiger charge is 2.25. The fourth-order valence-corrected chi connectivity index (χ4v) is 2.62. The van der Waals surface area contributed by atoms with Gasteiger partial charge in [0.25, 0.3) is 0 Å². The molecule has 1 aromatic rings. The second-order valence-corrected chi connectivity index (χ2v) is 5.90. The largest absolute Gasteiger partial charge is 0.481 e. The van der Waals surface area contributed by atoms with Crippen molar-refractivity contribution in [3.8, 4) is 0 Å². The molecule has 1 unspecified atom stereocenters. The molecule has 0 amide bonds. The zero-order chi connectivity index (χ0) is 14.5. The highest BCUT2D eigenvalue weighted by molar-refractivity contribution is 7.99. The highest BCUT2D eigenvalue weighted by atomic mass is 32.2. The molecule has 0 radical (unpaired) electrons. The average Bonchev–Trinajstić information content (AvgIpc) is 2.79. The minimum Gasteiger partial charge on any atom is -0.481 e. The van der Waals surface area contributed by atoms with Gasteiger partial charge in [-0.15, -0.1) is 10.2 Å². The van der Waals surface area contributed by atoms with E-state index in [0.29, 0.717) is 36.7 Å². The normalized spacial score (nSPS) is 19.4. The van der Waals surface area contributed by atoms with E-state index in [0.717, 1.165) is 6.54 Å². The summed E-state index contributed by atoms with van der Waals surface area (Å²) in [5, 5.41) is 17.7. The number of thioether (sulfide) groups is 1. The third-order valence-corrected chi connectivity index (χ3v) is 3.67. The number of hydrogen-bond donors (Lipinski definition) is 1. The summed E-state index contributed by atoms with van der Waals surface area (Å²) in [5.41, 5.74) is 0. The predicted molar refractivity (Wildman–Crippen MR) is 72.7 cm³/mol. The lowest BCUT2D eigenvalue weighted by Crippen LogP contribution is -2.25. The summed E-state index contributed by atoms with van der Waals surface area (Å²) in [7, 11) is 0. The first-order valence-electron chi connectivity index (χ1n) is 6.55. The Bertz CT molecular complexity index is 458. The summed E-state index contributed by atoms with van der Waals surface area (Å²) < 4.78 is 13.0. The van der Waals surface area contributed by atoms with E-state index in [9.17, 15) is 4.79 Å². The van der Waals surface area contributed by atoms with Gasteiger partial charge in [0.05, 0.1) is 25.6 Å². The first-order chi connectivity index (χ1) is 9.58. The first-order valence-corrected chi connectivity index (χ1v) is 7.53. The van der Waals surface area contributed by atoms with Crippen molar-refractivity contribution in [3.05, 3.63) is 5.82 Å². The van der Waals surface area contributed by atoms with E-state index >= 15 is 0 Å². The van der Waals surface area contributed by atoms with Crippen LogP contribution in [0.15, 0.2) is 5.16 Å². The molecular formula is C12H19N3O4S. The molecule has 0 bridgehead atoms. The highest BCUT2D eigenvalue weighted by Crippen LogP contribution is 2.25. The maximum Gasteiger partial charge on any atom is 0.313 e. The molecule has 1 aliphatic rings. The summed E-state index contributed by atoms with van der Waals surface area (Å²) >= 11 is 1.18. The number of ether oxygens (including phenoxy) is 2. The van der Waals surface area contributed by atoms with Crippen LogP contribution in [0.3, 0.4) is 0 Å². The van der Waals surface area contributed by atoms with Crippen LogP contribution in [0, 0.1) is 5.92 Å². The summed E-state index contributed by atoms with van der Waals surface area (Å²) in [6.07, 6.45) is -0.228. The van der Waals surface area contributed by atoms with Gasteiger partial charge in [-0.3, -0.25) is 4.79 Å². The molecule has 2 rings (SSSR count). The van der Waals surface area contributed by atoms with Crippen molar-refractivity contribution in [2.75, 3.05) is 25.6 Å². The van der Waals surface area contributed by atoms with Crippen molar-refractivity contribution in [3.63, 3.8) is 0 Å². The monoisotopic (exact) mass is 301 g/mol. The maximum absolute atomic E-state index is 10.7. The van der Waals surface area contributed by atoms with Crippen molar-refractivity contribution >= 4 is 17.7 Å². The Morgan fingerprint density at radius 2 is 2.30 bits per heavy atom. The standard InChI is InChI=1S/C12H19N3O4S/c1-8(2)5-15-11(9-6-18-3-4-19-9)13-14-12(15)20-7-10(16)17/h8-9H,3-7H2,1-2H3,(H,16,17). The van der Waals surface area contributed by atoms with Crippen LogP contribution in [-0.4, -0.2) is 51.4 Å². The van der Waals surface area contributed by atoms with Crippen LogP contribution >= 0.6 is 11.8 Å². The summed E-state index contributed by atoms with van der Waals surface area (Å²) in [4.78, 5) is 10.7. The van der Waals surface area contributed by atoms with Crippen LogP contribution in [-0.2, 0) is 20.8 Å². The lowest BCUT2D eigenvalue weighted by Gasteiger charge is -2.23. The Kier molecular flexibility index (Phi) is 5.38. The van der Waals surface area contributed by atoms with Gasteiger partial charge in [-0.2, -0.15) is 0 Å². The number of rotatable bonds is 6. The fourth-order valence-electron chi connectivity index (χ4n) is 1.94. The van der Waals surface area contributed by atoms with E-state index in [2.05, 4.69) is 24.0 Å². The summed E-state index contributed by atoms with van der Waals surface area (Å²) in [6, 6.07) is 0. The van der Waals surface area contributed by atoms with Gasteiger partial charge in [-0.1, -0.05) is 25.6 Å². The zero-order valence-corrected chi connectivity index (χ0v) is 12.4. The summed E-state index contributed by atoms with van der Waals surface area (Å²) in [6.45, 7) is 6.50. The van der Waals surface area contributed by atoms with Crippen LogP contribution in [0.4, 0.5) is 0 Å². The number of carboxylic acid groups (broad SMARTS) is 1. The molecular weight excluding hydrogens is 282 g/mol. The van der Waals surface area contributed by atoms with Gasteiger partial charge in [0.2, 0.25) is 0 Å². The van der Waals surface area contributed by atoms with E-state index in [4.69, 9.17) is 14.6 Å². The lowest BCUT2D eigenvalue weighted by atomic mass is 10.2. The molecule has 2 heterocycles. The zero-order valence-electron chi connectivity index (χ0n) is 11.6. The molecule has 0 aliphatic carbocycles. The third-order valence-electron chi connectivity index (χ3n) is 2.72. The minimum atomic E-state index is -0.868. The molecule has 1 N–H and O–H groups in total. The number of nitrogens with zero attached hydrogens (tertiary/aromatic N) is 3. The lowest BCUT2D eigenvalue weighted by molar-refractivity contribution is -0.133. The van der Waals surface area contributed by atoms with Gasteiger partial charge in [0.1, 0.15) is 6.10 Å². The van der Waals surface area contributed by atoms with Crippen molar-refractivity contribution in [1.29, 1.82) is 0 Å². The third kappa shape index (κ3) is 3.94. The Labute approximate surface area is 121 Å². The predicted octanol–water partition coefficient (Wildman–Crippen LogP) is 1.20. The van der Waals surface area contributed by atoms with Gasteiger partial charge < -0.3 is 19.1 Å². The number of aliphatic carboxylic acids is 1. The molecule has 7 nitrogen and oxygen atoms in total. The molecule has 20 heavy (non-hydrogen) atoms. The number of carboxylic acids is 1. The molecule has 112 valence electrons. The fraction of sp³-hybridized carbons (Fsp3) is 0.750. The Morgan fingerprint density at radius 1 is 1.50 bits per heavy atom. The van der Waals surface area contributed by atoms with Gasteiger partial charge in [0.15, 0.2) is 11.0 Å². The van der Waals surface area contributed by atoms with Crippen LogP contribution < -0.4 is 0 Å². The van der Waals surface area contributed by atoms with E-state index in [1.807, 2.05) is 4.57 Å². The molecule has 1 aromatic heterocycles. The molecule has 1 saturated heterocycles. The smallest absolute Gasteiger partial charge is 0.313 e. The molecule has 1 fully saturated rings. The van der Waals surface area contributed by atoms with E-state index in [-0.39, 0.29) is 11.9 Å². The van der Waals surface area contributed by atoms with Crippen molar-refractivity contribution in [2.45, 2.75) is 31.7 Å². The minimum absolute atomic E-state index is 0.0295. The quantitative estimate of drug-likeness (QED) is 0.790. The van der Waals surface area contributed by atoms with Crippen molar-refractivity contribution < 1.29 is 19.4 Å². The second kappa shape index (κ2) is 7.05. The van der Waals surface area contributed by atoms with Crippen LogP contribution in [0.1, 0.15) is 25.8 Å². The Hall–Kier alpha value is -1.12. The van der Waals surface area contributed by atoms with Gasteiger partial charge in [-0.05, 0) is 5.92 Å². The van der Waals surface area contributed by atoms with Crippen molar-refractivity contribution in [1.82, 2.24) is 14.8 Å². The van der Waals surface area contributed by atoms with Crippen LogP contribution in [0.25, 0.3) is 0 Å². The van der Waals surface area contributed by atoms with E-state index in [1.165, 1.54) is 11.8 Å². The SMILES string of the molecule is CC(C)Cn1c(SCC(=O)O)nnc1C1COCCO1. The molecule has 1 aliphatic heterocycles. The molecule has 8 heteroatoms. The number of hydrogen-bond acceptors (Lipinski definition) is 6. The average molecular weight is 301 g/mol. The van der Waals surface area contributed by atoms with E-state index < -0.39 is 5.97 Å². The number of carbonyl (C=O) groups is 1. The van der Waals surface area contributed by atoms with E-state index in [1.54, 1.807) is 0 Å².